The summed E-state index contributed by atoms with van der Waals surface area (Å²) in [6.45, 7) is 3.36. The monoisotopic (exact) mass is 306 g/mol. The number of rotatable bonds is 3. The van der Waals surface area contributed by atoms with Crippen molar-refractivity contribution in [2.45, 2.75) is 26.1 Å². The van der Waals surface area contributed by atoms with Gasteiger partial charge >= 0.3 is 0 Å². The highest BCUT2D eigenvalue weighted by atomic mass is 16.5. The van der Waals surface area contributed by atoms with Crippen molar-refractivity contribution in [1.82, 2.24) is 9.88 Å². The molecule has 1 atom stereocenters. The number of amides is 1. The number of hydrogen-bond donors (Lipinski definition) is 1. The molecule has 4 rings (SSSR count). The molecule has 0 unspecified atom stereocenters. The summed E-state index contributed by atoms with van der Waals surface area (Å²) in [7, 11) is 0. The lowest BCUT2D eigenvalue weighted by Gasteiger charge is -2.23. The Balaban J connectivity index is 1.63. The number of nitrogens with zero attached hydrogens (tertiary/aromatic N) is 1. The number of nitrogens with one attached hydrogen (secondary N) is 1. The van der Waals surface area contributed by atoms with Gasteiger partial charge in [0, 0.05) is 23.5 Å². The first-order chi connectivity index (χ1) is 11.2. The van der Waals surface area contributed by atoms with Gasteiger partial charge in [-0.15, -0.1) is 0 Å². The summed E-state index contributed by atoms with van der Waals surface area (Å²) < 4.78 is 7.95. The van der Waals surface area contributed by atoms with Crippen molar-refractivity contribution < 1.29 is 9.53 Å². The minimum absolute atomic E-state index is 0.00768. The van der Waals surface area contributed by atoms with Crippen LogP contribution >= 0.6 is 0 Å². The maximum absolute atomic E-state index is 12.1. The highest BCUT2D eigenvalue weighted by molar-refractivity contribution is 5.99. The number of fused-ring (bicyclic) bond motifs is 3. The molecule has 4 heteroatoms. The molecule has 23 heavy (non-hydrogen) atoms. The Bertz CT molecular complexity index is 868. The Labute approximate surface area is 134 Å². The number of aromatic nitrogens is 1. The topological polar surface area (TPSA) is 43.3 Å². The molecule has 1 amide bonds. The minimum atomic E-state index is -0.00768. The first-order valence-electron chi connectivity index (χ1n) is 7.81. The average Bonchev–Trinajstić information content (AvgIpc) is 2.92. The molecule has 4 nitrogen and oxygen atoms in total. The highest BCUT2D eigenvalue weighted by Crippen LogP contribution is 2.27. The number of hydrogen-bond acceptors (Lipinski definition) is 2. The van der Waals surface area contributed by atoms with Crippen molar-refractivity contribution in [3.63, 3.8) is 0 Å². The fraction of sp³-hybridized carbons (Fsp3) is 0.211. The van der Waals surface area contributed by atoms with Crippen LogP contribution in [0.5, 0.6) is 5.75 Å². The third-order valence-corrected chi connectivity index (χ3v) is 4.19. The average molecular weight is 306 g/mol. The first-order valence-corrected chi connectivity index (χ1v) is 7.81. The minimum Gasteiger partial charge on any atom is -0.489 e. The molecule has 0 aliphatic carbocycles. The summed E-state index contributed by atoms with van der Waals surface area (Å²) in [5.74, 6) is 0.810. The van der Waals surface area contributed by atoms with Crippen LogP contribution in [0.15, 0.2) is 54.6 Å². The lowest BCUT2D eigenvalue weighted by atomic mass is 10.2. The molecule has 0 saturated heterocycles. The van der Waals surface area contributed by atoms with E-state index in [1.807, 2.05) is 61.5 Å². The Morgan fingerprint density at radius 3 is 2.83 bits per heavy atom. The van der Waals surface area contributed by atoms with Crippen LogP contribution in [0.4, 0.5) is 0 Å². The zero-order valence-electron chi connectivity index (χ0n) is 13.0. The molecule has 0 radical (unpaired) electrons. The highest BCUT2D eigenvalue weighted by Gasteiger charge is 2.23. The third kappa shape index (κ3) is 2.57. The molecule has 1 aromatic heterocycles. The molecule has 116 valence electrons. The van der Waals surface area contributed by atoms with Crippen molar-refractivity contribution in [2.24, 2.45) is 0 Å². The normalized spacial score (nSPS) is 16.9. The summed E-state index contributed by atoms with van der Waals surface area (Å²) >= 11 is 0. The van der Waals surface area contributed by atoms with Crippen LogP contribution < -0.4 is 10.1 Å². The number of ether oxygens (including phenoxy) is 1. The molecule has 1 aliphatic rings. The Morgan fingerprint density at radius 1 is 1.17 bits per heavy atom. The van der Waals surface area contributed by atoms with Crippen LogP contribution in [0, 0.1) is 0 Å². The second-order valence-corrected chi connectivity index (χ2v) is 6.01. The van der Waals surface area contributed by atoms with E-state index in [-0.39, 0.29) is 11.9 Å². The fourth-order valence-corrected chi connectivity index (χ4v) is 3.08. The van der Waals surface area contributed by atoms with Gasteiger partial charge in [0.2, 0.25) is 0 Å². The summed E-state index contributed by atoms with van der Waals surface area (Å²) in [5.41, 5.74) is 2.93. The van der Waals surface area contributed by atoms with E-state index in [1.165, 1.54) is 0 Å². The van der Waals surface area contributed by atoms with Gasteiger partial charge in [-0.25, -0.2) is 0 Å². The SMILES string of the molecule is C[C@H]1Cn2c(cc3cc(OCc4ccccc4)ccc32)C(=O)N1. The maximum atomic E-state index is 12.1. The van der Waals surface area contributed by atoms with Gasteiger partial charge in [-0.05, 0) is 36.8 Å². The molecule has 2 aromatic carbocycles. The van der Waals surface area contributed by atoms with Crippen molar-refractivity contribution in [2.75, 3.05) is 0 Å². The molecular weight excluding hydrogens is 288 g/mol. The van der Waals surface area contributed by atoms with E-state index in [0.29, 0.717) is 6.61 Å². The first kappa shape index (κ1) is 13.9. The van der Waals surface area contributed by atoms with Crippen molar-refractivity contribution in [1.29, 1.82) is 0 Å². The zero-order valence-corrected chi connectivity index (χ0v) is 13.0. The fourth-order valence-electron chi connectivity index (χ4n) is 3.08. The van der Waals surface area contributed by atoms with E-state index >= 15 is 0 Å². The van der Waals surface area contributed by atoms with Gasteiger partial charge in [-0.3, -0.25) is 4.79 Å². The summed E-state index contributed by atoms with van der Waals surface area (Å²) in [4.78, 5) is 12.1. The molecule has 3 aromatic rings. The molecule has 1 aliphatic heterocycles. The summed E-state index contributed by atoms with van der Waals surface area (Å²) in [6.07, 6.45) is 0. The van der Waals surface area contributed by atoms with Gasteiger partial charge in [-0.1, -0.05) is 30.3 Å². The third-order valence-electron chi connectivity index (χ3n) is 4.19. The van der Waals surface area contributed by atoms with E-state index in [9.17, 15) is 4.79 Å². The lowest BCUT2D eigenvalue weighted by Crippen LogP contribution is -2.42. The van der Waals surface area contributed by atoms with Crippen LogP contribution in [0.2, 0.25) is 0 Å². The smallest absolute Gasteiger partial charge is 0.268 e. The Morgan fingerprint density at radius 2 is 2.00 bits per heavy atom. The number of carbonyl (C=O) groups is 1. The standard InChI is InChI=1S/C19H18N2O2/c1-13-11-21-17-8-7-16(23-12-14-5-3-2-4-6-14)9-15(17)10-18(21)19(22)20-13/h2-10,13H,11-12H2,1H3,(H,20,22)/t13-/m0/s1. The van der Waals surface area contributed by atoms with Crippen molar-refractivity contribution >= 4 is 16.8 Å². The predicted octanol–water partition coefficient (Wildman–Crippen LogP) is 3.35. The van der Waals surface area contributed by atoms with E-state index in [0.717, 1.165) is 34.5 Å². The second-order valence-electron chi connectivity index (χ2n) is 6.01. The summed E-state index contributed by atoms with van der Waals surface area (Å²) in [5, 5.41) is 4.00. The van der Waals surface area contributed by atoms with Crippen LogP contribution in [0.1, 0.15) is 23.0 Å². The second kappa shape index (κ2) is 5.47. The van der Waals surface area contributed by atoms with Crippen molar-refractivity contribution in [3.8, 4) is 5.75 Å². The van der Waals surface area contributed by atoms with Crippen LogP contribution in [0.25, 0.3) is 10.9 Å². The van der Waals surface area contributed by atoms with E-state index in [1.54, 1.807) is 0 Å². The largest absolute Gasteiger partial charge is 0.489 e. The van der Waals surface area contributed by atoms with Crippen LogP contribution in [-0.2, 0) is 13.2 Å². The molecule has 0 fully saturated rings. The molecule has 0 bridgehead atoms. The molecule has 2 heterocycles. The van der Waals surface area contributed by atoms with Crippen LogP contribution in [-0.4, -0.2) is 16.5 Å². The zero-order chi connectivity index (χ0) is 15.8. The van der Waals surface area contributed by atoms with E-state index in [2.05, 4.69) is 9.88 Å². The van der Waals surface area contributed by atoms with Gasteiger partial charge < -0.3 is 14.6 Å². The van der Waals surface area contributed by atoms with Gasteiger partial charge in [0.05, 0.1) is 0 Å². The lowest BCUT2D eigenvalue weighted by molar-refractivity contribution is 0.0907. The molecule has 1 N–H and O–H groups in total. The number of benzene rings is 2. The maximum Gasteiger partial charge on any atom is 0.268 e. The predicted molar refractivity (Wildman–Crippen MR) is 89.6 cm³/mol. The number of carbonyl (C=O) groups excluding carboxylic acids is 1. The molecule has 0 saturated carbocycles. The van der Waals surface area contributed by atoms with Crippen molar-refractivity contribution in [3.05, 3.63) is 65.9 Å². The van der Waals surface area contributed by atoms with Crippen LogP contribution in [0.3, 0.4) is 0 Å². The van der Waals surface area contributed by atoms with Gasteiger partial charge in [0.25, 0.3) is 5.91 Å². The Kier molecular flexibility index (Phi) is 3.30. The molecular formula is C19H18N2O2. The van der Waals surface area contributed by atoms with Gasteiger partial charge in [-0.2, -0.15) is 0 Å². The molecule has 0 spiro atoms. The Hall–Kier alpha value is -2.75. The van der Waals surface area contributed by atoms with E-state index in [4.69, 9.17) is 4.74 Å². The summed E-state index contributed by atoms with van der Waals surface area (Å²) in [6, 6.07) is 18.2. The van der Waals surface area contributed by atoms with Gasteiger partial charge in [0.15, 0.2) is 0 Å². The quantitative estimate of drug-likeness (QED) is 0.806. The van der Waals surface area contributed by atoms with E-state index < -0.39 is 0 Å². The van der Waals surface area contributed by atoms with Gasteiger partial charge in [0.1, 0.15) is 18.1 Å².